The summed E-state index contributed by atoms with van der Waals surface area (Å²) in [7, 11) is 1.76. The highest BCUT2D eigenvalue weighted by atomic mass is 16.5. The van der Waals surface area contributed by atoms with Gasteiger partial charge < -0.3 is 20.7 Å². The Kier molecular flexibility index (Phi) is 6.92. The molecular formula is C15H31N3O2. The minimum atomic E-state index is -0.623. The first-order chi connectivity index (χ1) is 9.42. The Morgan fingerprint density at radius 3 is 2.85 bits per heavy atom. The van der Waals surface area contributed by atoms with Gasteiger partial charge in [0.05, 0.1) is 12.1 Å². The lowest BCUT2D eigenvalue weighted by Gasteiger charge is -2.40. The summed E-state index contributed by atoms with van der Waals surface area (Å²) in [4.78, 5) is 14.2. The van der Waals surface area contributed by atoms with Crippen LogP contribution in [-0.2, 0) is 9.53 Å². The zero-order chi connectivity index (χ0) is 15.2. The van der Waals surface area contributed by atoms with Crippen molar-refractivity contribution in [3.8, 4) is 0 Å². The van der Waals surface area contributed by atoms with E-state index in [4.69, 9.17) is 10.5 Å². The highest BCUT2D eigenvalue weighted by molar-refractivity contribution is 5.84. The number of nitrogens with two attached hydrogens (primary N) is 1. The molecule has 0 radical (unpaired) electrons. The topological polar surface area (TPSA) is 67.6 Å². The van der Waals surface area contributed by atoms with Crippen molar-refractivity contribution >= 4 is 5.91 Å². The Balaban J connectivity index is 2.59. The Hall–Kier alpha value is -0.650. The van der Waals surface area contributed by atoms with Crippen molar-refractivity contribution in [2.75, 3.05) is 33.4 Å². The number of hydrogen-bond acceptors (Lipinski definition) is 4. The van der Waals surface area contributed by atoms with Crippen LogP contribution < -0.4 is 11.1 Å². The number of primary amides is 1. The van der Waals surface area contributed by atoms with Crippen molar-refractivity contribution in [1.29, 1.82) is 0 Å². The molecule has 1 rings (SSSR count). The molecule has 1 amide bonds. The van der Waals surface area contributed by atoms with Gasteiger partial charge in [-0.3, -0.25) is 4.79 Å². The molecular weight excluding hydrogens is 254 g/mol. The molecule has 1 heterocycles. The number of ether oxygens (including phenoxy) is 1. The average Bonchev–Trinajstić information content (AvgIpc) is 2.39. The summed E-state index contributed by atoms with van der Waals surface area (Å²) in [5, 5.41) is 3.24. The number of hydrogen-bond donors (Lipinski definition) is 2. The molecule has 0 aromatic carbocycles. The van der Waals surface area contributed by atoms with Gasteiger partial charge in [0, 0.05) is 19.7 Å². The molecule has 5 heteroatoms. The van der Waals surface area contributed by atoms with Crippen LogP contribution in [0.5, 0.6) is 0 Å². The van der Waals surface area contributed by atoms with E-state index in [2.05, 4.69) is 17.1 Å². The lowest BCUT2D eigenvalue weighted by molar-refractivity contribution is -0.124. The maximum atomic E-state index is 11.7. The first-order valence-electron chi connectivity index (χ1n) is 7.70. The van der Waals surface area contributed by atoms with E-state index in [0.29, 0.717) is 12.0 Å². The number of rotatable bonds is 8. The monoisotopic (exact) mass is 285 g/mol. The van der Waals surface area contributed by atoms with Crippen LogP contribution in [0.3, 0.4) is 0 Å². The molecule has 118 valence electrons. The minimum absolute atomic E-state index is 0.267. The van der Waals surface area contributed by atoms with Crippen LogP contribution in [0.4, 0.5) is 0 Å². The summed E-state index contributed by atoms with van der Waals surface area (Å²) < 4.78 is 5.27. The first kappa shape index (κ1) is 17.4. The molecule has 0 aromatic rings. The van der Waals surface area contributed by atoms with Crippen molar-refractivity contribution in [3.05, 3.63) is 0 Å². The predicted octanol–water partition coefficient (Wildman–Crippen LogP) is 0.977. The van der Waals surface area contributed by atoms with Gasteiger partial charge >= 0.3 is 0 Å². The first-order valence-corrected chi connectivity index (χ1v) is 7.70. The number of likely N-dealkylation sites (tertiary alicyclic amines) is 1. The largest absolute Gasteiger partial charge is 0.384 e. The number of likely N-dealkylation sites (N-methyl/N-ethyl adjacent to an activating group) is 1. The second-order valence-corrected chi connectivity index (χ2v) is 6.24. The van der Waals surface area contributed by atoms with Crippen LogP contribution in [0.15, 0.2) is 0 Å². The zero-order valence-corrected chi connectivity index (χ0v) is 13.4. The average molecular weight is 285 g/mol. The van der Waals surface area contributed by atoms with E-state index in [0.717, 1.165) is 32.7 Å². The second kappa shape index (κ2) is 7.96. The lowest BCUT2D eigenvalue weighted by Crippen LogP contribution is -2.57. The van der Waals surface area contributed by atoms with Gasteiger partial charge in [-0.2, -0.15) is 0 Å². The van der Waals surface area contributed by atoms with Crippen LogP contribution in [0.25, 0.3) is 0 Å². The highest BCUT2D eigenvalue weighted by Crippen LogP contribution is 2.23. The molecule has 1 fully saturated rings. The quantitative estimate of drug-likeness (QED) is 0.697. The van der Waals surface area contributed by atoms with Crippen LogP contribution >= 0.6 is 0 Å². The van der Waals surface area contributed by atoms with Crippen LogP contribution in [0, 0.1) is 5.92 Å². The highest BCUT2D eigenvalue weighted by Gasteiger charge is 2.34. The number of methoxy groups -OCH3 is 1. The number of carbonyl (C=O) groups excluding carboxylic acids is 1. The maximum Gasteiger partial charge on any atom is 0.237 e. The summed E-state index contributed by atoms with van der Waals surface area (Å²) in [6, 6.07) is 0.339. The van der Waals surface area contributed by atoms with Gasteiger partial charge in [-0.25, -0.2) is 0 Å². The third-order valence-electron chi connectivity index (χ3n) is 4.39. The van der Waals surface area contributed by atoms with Gasteiger partial charge in [-0.05, 0) is 52.1 Å². The molecule has 20 heavy (non-hydrogen) atoms. The molecule has 1 saturated heterocycles. The molecule has 1 aliphatic rings. The minimum Gasteiger partial charge on any atom is -0.384 e. The van der Waals surface area contributed by atoms with Gasteiger partial charge in [0.15, 0.2) is 0 Å². The van der Waals surface area contributed by atoms with E-state index >= 15 is 0 Å². The van der Waals surface area contributed by atoms with Gasteiger partial charge in [-0.15, -0.1) is 0 Å². The SMILES string of the molecule is CCNC(C)(CC(C)N1CCCC(COC)C1)C(N)=O. The van der Waals surface area contributed by atoms with Crippen molar-refractivity contribution in [2.24, 2.45) is 11.7 Å². The zero-order valence-electron chi connectivity index (χ0n) is 13.4. The summed E-state index contributed by atoms with van der Waals surface area (Å²) in [6.45, 7) is 9.82. The Morgan fingerprint density at radius 2 is 2.30 bits per heavy atom. The molecule has 1 aliphatic heterocycles. The van der Waals surface area contributed by atoms with Crippen molar-refractivity contribution in [1.82, 2.24) is 10.2 Å². The molecule has 0 aliphatic carbocycles. The normalized spacial score (nSPS) is 25.1. The standard InChI is InChI=1S/C15H31N3O2/c1-5-17-15(3,14(16)19)9-12(2)18-8-6-7-13(10-18)11-20-4/h12-13,17H,5-11H2,1-4H3,(H2,16,19). The maximum absolute atomic E-state index is 11.7. The molecule has 0 aromatic heterocycles. The molecule has 3 atom stereocenters. The van der Waals surface area contributed by atoms with E-state index < -0.39 is 5.54 Å². The fourth-order valence-electron chi connectivity index (χ4n) is 3.24. The van der Waals surface area contributed by atoms with Gasteiger partial charge in [-0.1, -0.05) is 6.92 Å². The van der Waals surface area contributed by atoms with Gasteiger partial charge in [0.2, 0.25) is 5.91 Å². The molecule has 0 saturated carbocycles. The third-order valence-corrected chi connectivity index (χ3v) is 4.39. The molecule has 0 bridgehead atoms. The Labute approximate surface area is 123 Å². The second-order valence-electron chi connectivity index (χ2n) is 6.24. The van der Waals surface area contributed by atoms with E-state index in [9.17, 15) is 4.79 Å². The summed E-state index contributed by atoms with van der Waals surface area (Å²) >= 11 is 0. The number of piperidine rings is 1. The van der Waals surface area contributed by atoms with Crippen LogP contribution in [0.1, 0.15) is 40.0 Å². The van der Waals surface area contributed by atoms with E-state index in [-0.39, 0.29) is 5.91 Å². The summed E-state index contributed by atoms with van der Waals surface area (Å²) in [6.07, 6.45) is 3.18. The van der Waals surface area contributed by atoms with Crippen molar-refractivity contribution in [3.63, 3.8) is 0 Å². The number of amides is 1. The van der Waals surface area contributed by atoms with Crippen LogP contribution in [0.2, 0.25) is 0 Å². The fourth-order valence-corrected chi connectivity index (χ4v) is 3.24. The molecule has 3 unspecified atom stereocenters. The predicted molar refractivity (Wildman–Crippen MR) is 81.5 cm³/mol. The van der Waals surface area contributed by atoms with E-state index in [1.165, 1.54) is 12.8 Å². The van der Waals surface area contributed by atoms with Crippen molar-refractivity contribution < 1.29 is 9.53 Å². The third kappa shape index (κ3) is 4.72. The number of carbonyl (C=O) groups is 1. The van der Waals surface area contributed by atoms with E-state index in [1.54, 1.807) is 7.11 Å². The summed E-state index contributed by atoms with van der Waals surface area (Å²) in [5.74, 6) is 0.340. The van der Waals surface area contributed by atoms with Crippen molar-refractivity contribution in [2.45, 2.75) is 51.6 Å². The molecule has 5 nitrogen and oxygen atoms in total. The molecule has 0 spiro atoms. The number of nitrogens with zero attached hydrogens (tertiary/aromatic N) is 1. The van der Waals surface area contributed by atoms with Gasteiger partial charge in [0.25, 0.3) is 0 Å². The fraction of sp³-hybridized carbons (Fsp3) is 0.933. The summed E-state index contributed by atoms with van der Waals surface area (Å²) in [5.41, 5.74) is 4.95. The van der Waals surface area contributed by atoms with Gasteiger partial charge in [0.1, 0.15) is 0 Å². The van der Waals surface area contributed by atoms with Crippen LogP contribution in [-0.4, -0.2) is 55.7 Å². The lowest BCUT2D eigenvalue weighted by atomic mass is 9.90. The smallest absolute Gasteiger partial charge is 0.237 e. The molecule has 3 N–H and O–H groups in total. The van der Waals surface area contributed by atoms with E-state index in [1.807, 2.05) is 13.8 Å². The Morgan fingerprint density at radius 1 is 1.60 bits per heavy atom. The Bertz CT molecular complexity index is 309. The number of nitrogens with one attached hydrogen (secondary N) is 1.